The van der Waals surface area contributed by atoms with Gasteiger partial charge in [0.25, 0.3) is 0 Å². The zero-order chi connectivity index (χ0) is 20.6. The average molecular weight is 395 g/mol. The lowest BCUT2D eigenvalue weighted by Crippen LogP contribution is -2.36. The zero-order valence-corrected chi connectivity index (χ0v) is 17.5. The van der Waals surface area contributed by atoms with Crippen LogP contribution >= 0.6 is 0 Å². The van der Waals surface area contributed by atoms with Crippen LogP contribution in [0.4, 0.5) is 11.5 Å². The van der Waals surface area contributed by atoms with Crippen LogP contribution in [0.1, 0.15) is 30.9 Å². The fraction of sp³-hybridized carbons (Fsp3) is 0.409. The highest BCUT2D eigenvalue weighted by Gasteiger charge is 2.21. The lowest BCUT2D eigenvalue weighted by atomic mass is 10.2. The highest BCUT2D eigenvalue weighted by molar-refractivity contribution is 5.95. The van der Waals surface area contributed by atoms with E-state index in [1.54, 1.807) is 0 Å². The first-order chi connectivity index (χ1) is 14.1. The Kier molecular flexibility index (Phi) is 7.05. The second kappa shape index (κ2) is 9.91. The molecule has 1 fully saturated rings. The quantitative estimate of drug-likeness (QED) is 0.558. The van der Waals surface area contributed by atoms with E-state index in [0.717, 1.165) is 48.1 Å². The minimum atomic E-state index is 0.214. The molecule has 0 aliphatic carbocycles. The summed E-state index contributed by atoms with van der Waals surface area (Å²) < 4.78 is 0. The maximum Gasteiger partial charge on any atom is 0.227 e. The summed E-state index contributed by atoms with van der Waals surface area (Å²) in [5, 5.41) is 6.66. The van der Waals surface area contributed by atoms with Crippen molar-refractivity contribution in [3.8, 4) is 0 Å². The van der Waals surface area contributed by atoms with E-state index in [9.17, 15) is 4.79 Å². The molecule has 0 unspecified atom stereocenters. The molecule has 1 saturated heterocycles. The molecule has 2 N–H and O–H groups in total. The number of rotatable bonds is 7. The Morgan fingerprint density at radius 2 is 1.97 bits per heavy atom. The molecule has 1 amide bonds. The number of hydrogen-bond donors (Lipinski definition) is 2. The third kappa shape index (κ3) is 5.70. The second-order valence-electron chi connectivity index (χ2n) is 7.28. The molecule has 0 spiro atoms. The van der Waals surface area contributed by atoms with Gasteiger partial charge in [-0.05, 0) is 48.7 Å². The van der Waals surface area contributed by atoms with Gasteiger partial charge in [0.2, 0.25) is 5.91 Å². The molecule has 1 aliphatic rings. The van der Waals surface area contributed by atoms with E-state index in [0.29, 0.717) is 19.5 Å². The topological polar surface area (TPSA) is 72.9 Å². The van der Waals surface area contributed by atoms with Gasteiger partial charge in [-0.15, -0.1) is 0 Å². The van der Waals surface area contributed by atoms with Crippen molar-refractivity contribution in [2.75, 3.05) is 37.0 Å². The summed E-state index contributed by atoms with van der Waals surface area (Å²) in [6.45, 7) is 4.91. The first-order valence-electron chi connectivity index (χ1n) is 10.1. The number of nitrogens with one attached hydrogen (secondary N) is 2. The number of guanidine groups is 1. The number of amides is 1. The molecule has 0 bridgehead atoms. The van der Waals surface area contributed by atoms with Crippen LogP contribution in [0.15, 0.2) is 47.6 Å². The summed E-state index contributed by atoms with van der Waals surface area (Å²) in [6.07, 6.45) is 3.41. The predicted octanol–water partition coefficient (Wildman–Crippen LogP) is 2.53. The summed E-state index contributed by atoms with van der Waals surface area (Å²) in [6, 6.07) is 12.2. The molecular formula is C22H30N6O. The van der Waals surface area contributed by atoms with E-state index in [-0.39, 0.29) is 5.91 Å². The van der Waals surface area contributed by atoms with Gasteiger partial charge in [-0.1, -0.05) is 12.1 Å². The molecule has 1 aromatic heterocycles. The minimum absolute atomic E-state index is 0.214. The molecule has 7 heteroatoms. The van der Waals surface area contributed by atoms with Crippen molar-refractivity contribution in [3.05, 3.63) is 53.7 Å². The Morgan fingerprint density at radius 3 is 2.62 bits per heavy atom. The van der Waals surface area contributed by atoms with Crippen molar-refractivity contribution < 1.29 is 4.79 Å². The fourth-order valence-electron chi connectivity index (χ4n) is 3.22. The number of hydrogen-bond acceptors (Lipinski definition) is 4. The third-order valence-electron chi connectivity index (χ3n) is 4.81. The molecule has 0 saturated carbocycles. The summed E-state index contributed by atoms with van der Waals surface area (Å²) in [7, 11) is 3.96. The number of carbonyl (C=O) groups excluding carboxylic acids is 1. The molecule has 7 nitrogen and oxygen atoms in total. The van der Waals surface area contributed by atoms with E-state index in [2.05, 4.69) is 39.7 Å². The third-order valence-corrected chi connectivity index (χ3v) is 4.81. The molecule has 1 aromatic carbocycles. The molecular weight excluding hydrogens is 364 g/mol. The molecule has 0 atom stereocenters. The standard InChI is InChI=1S/C22H30N6O/c1-4-23-22(26-16-18-11-12-24-20(14-18)27(2)3)25-15-17-7-9-19(10-8-17)28-13-5-6-21(28)29/h7-12,14H,4-6,13,15-16H2,1-3H3,(H2,23,25,26). The van der Waals surface area contributed by atoms with Crippen molar-refractivity contribution >= 4 is 23.4 Å². The maximum atomic E-state index is 11.9. The Hall–Kier alpha value is -3.09. The normalized spacial score (nSPS) is 14.2. The van der Waals surface area contributed by atoms with Gasteiger partial charge < -0.3 is 20.4 Å². The smallest absolute Gasteiger partial charge is 0.227 e. The Morgan fingerprint density at radius 1 is 1.17 bits per heavy atom. The van der Waals surface area contributed by atoms with Crippen molar-refractivity contribution in [3.63, 3.8) is 0 Å². The fourth-order valence-corrected chi connectivity index (χ4v) is 3.22. The average Bonchev–Trinajstić information content (AvgIpc) is 3.16. The molecule has 2 heterocycles. The molecule has 154 valence electrons. The second-order valence-corrected chi connectivity index (χ2v) is 7.28. The van der Waals surface area contributed by atoms with Crippen LogP contribution in [0, 0.1) is 0 Å². The molecule has 2 aromatic rings. The Bertz CT molecular complexity index is 847. The van der Waals surface area contributed by atoms with Crippen LogP contribution in [0.5, 0.6) is 0 Å². The van der Waals surface area contributed by atoms with Gasteiger partial charge in [-0.3, -0.25) is 4.79 Å². The first kappa shape index (κ1) is 20.6. The lowest BCUT2D eigenvalue weighted by molar-refractivity contribution is -0.117. The predicted molar refractivity (Wildman–Crippen MR) is 118 cm³/mol. The summed E-state index contributed by atoms with van der Waals surface area (Å²) >= 11 is 0. The van der Waals surface area contributed by atoms with E-state index in [4.69, 9.17) is 0 Å². The highest BCUT2D eigenvalue weighted by Crippen LogP contribution is 2.21. The van der Waals surface area contributed by atoms with Crippen LogP contribution in [-0.2, 0) is 17.9 Å². The van der Waals surface area contributed by atoms with Crippen LogP contribution < -0.4 is 20.4 Å². The number of anilines is 2. The van der Waals surface area contributed by atoms with E-state index in [1.807, 2.05) is 54.4 Å². The largest absolute Gasteiger partial charge is 0.363 e. The highest BCUT2D eigenvalue weighted by atomic mass is 16.2. The van der Waals surface area contributed by atoms with Crippen LogP contribution in [0.3, 0.4) is 0 Å². The van der Waals surface area contributed by atoms with Gasteiger partial charge in [0, 0.05) is 52.0 Å². The van der Waals surface area contributed by atoms with Gasteiger partial charge in [0.15, 0.2) is 5.96 Å². The van der Waals surface area contributed by atoms with Gasteiger partial charge in [0.05, 0.1) is 6.54 Å². The van der Waals surface area contributed by atoms with E-state index in [1.165, 1.54) is 0 Å². The van der Waals surface area contributed by atoms with Gasteiger partial charge in [0.1, 0.15) is 5.82 Å². The van der Waals surface area contributed by atoms with E-state index >= 15 is 0 Å². The summed E-state index contributed by atoms with van der Waals surface area (Å²) in [5.41, 5.74) is 3.23. The molecule has 1 aliphatic heterocycles. The van der Waals surface area contributed by atoms with Crippen molar-refractivity contribution in [1.29, 1.82) is 0 Å². The van der Waals surface area contributed by atoms with E-state index < -0.39 is 0 Å². The van der Waals surface area contributed by atoms with Crippen molar-refractivity contribution in [1.82, 2.24) is 15.6 Å². The number of nitrogens with zero attached hydrogens (tertiary/aromatic N) is 4. The molecule has 0 radical (unpaired) electrons. The van der Waals surface area contributed by atoms with Gasteiger partial charge >= 0.3 is 0 Å². The molecule has 3 rings (SSSR count). The number of aromatic nitrogens is 1. The van der Waals surface area contributed by atoms with Crippen LogP contribution in [0.25, 0.3) is 0 Å². The van der Waals surface area contributed by atoms with Crippen molar-refractivity contribution in [2.45, 2.75) is 32.9 Å². The SMILES string of the molecule is CCNC(=NCc1ccnc(N(C)C)c1)NCc1ccc(N2CCCC2=O)cc1. The number of benzene rings is 1. The van der Waals surface area contributed by atoms with Crippen molar-refractivity contribution in [2.24, 2.45) is 4.99 Å². The summed E-state index contributed by atoms with van der Waals surface area (Å²) in [5.74, 6) is 1.91. The zero-order valence-electron chi connectivity index (χ0n) is 17.5. The van der Waals surface area contributed by atoms with Gasteiger partial charge in [-0.25, -0.2) is 9.98 Å². The van der Waals surface area contributed by atoms with Crippen LogP contribution in [0.2, 0.25) is 0 Å². The van der Waals surface area contributed by atoms with Gasteiger partial charge in [-0.2, -0.15) is 0 Å². The monoisotopic (exact) mass is 394 g/mol. The number of pyridine rings is 1. The Labute approximate surface area is 172 Å². The summed E-state index contributed by atoms with van der Waals surface area (Å²) in [4.78, 5) is 24.7. The maximum absolute atomic E-state index is 11.9. The number of aliphatic imine (C=N–C) groups is 1. The minimum Gasteiger partial charge on any atom is -0.363 e. The number of carbonyl (C=O) groups is 1. The van der Waals surface area contributed by atoms with Crippen LogP contribution in [-0.4, -0.2) is 44.0 Å². The first-order valence-corrected chi connectivity index (χ1v) is 10.1. The Balaban J connectivity index is 1.59. The lowest BCUT2D eigenvalue weighted by Gasteiger charge is -2.16. The molecule has 29 heavy (non-hydrogen) atoms.